The Bertz CT molecular complexity index is 730. The van der Waals surface area contributed by atoms with Gasteiger partial charge >= 0.3 is 0 Å². The van der Waals surface area contributed by atoms with Gasteiger partial charge in [0, 0.05) is 24.3 Å². The van der Waals surface area contributed by atoms with Crippen LogP contribution in [-0.2, 0) is 4.79 Å². The van der Waals surface area contributed by atoms with Crippen LogP contribution in [0.4, 0.5) is 5.69 Å². The molecule has 1 saturated heterocycles. The minimum atomic E-state index is -0.0497. The molecule has 1 fully saturated rings. The van der Waals surface area contributed by atoms with Crippen molar-refractivity contribution in [1.82, 2.24) is 4.90 Å². The molecule has 1 aromatic heterocycles. The minimum absolute atomic E-state index is 0. The molecule has 2 heterocycles. The Morgan fingerprint density at radius 3 is 2.48 bits per heavy atom. The highest BCUT2D eigenvalue weighted by Crippen LogP contribution is 2.23. The zero-order valence-electron chi connectivity index (χ0n) is 14.9. The van der Waals surface area contributed by atoms with Crippen LogP contribution in [0.5, 0.6) is 0 Å². The third-order valence-corrected chi connectivity index (χ3v) is 6.62. The average molecular weight is 426 g/mol. The molecule has 0 unspecified atom stereocenters. The Kier molecular flexibility index (Phi) is 8.63. The number of thioether (sulfide) groups is 1. The number of nitrogens with zero attached hydrogens (tertiary/aromatic N) is 1. The highest BCUT2D eigenvalue weighted by molar-refractivity contribution is 8.01. The molecule has 3 rings (SSSR count). The second-order valence-electron chi connectivity index (χ2n) is 6.32. The number of likely N-dealkylation sites (tertiary alicyclic amines) is 1. The van der Waals surface area contributed by atoms with Crippen molar-refractivity contribution in [2.75, 3.05) is 30.7 Å². The van der Waals surface area contributed by atoms with Crippen LogP contribution < -0.4 is 11.1 Å². The number of hydrogen-bond donors (Lipinski definition) is 2. The number of benzene rings is 1. The Labute approximate surface area is 174 Å². The SMILES string of the molecule is Cl.NCC1CCN(C(=O)c2ccc(NC(=O)CSc3cccs3)cc2)CC1. The fourth-order valence-corrected chi connectivity index (χ4v) is 4.51. The number of halogens is 1. The van der Waals surface area contributed by atoms with E-state index in [1.807, 2.05) is 22.4 Å². The lowest BCUT2D eigenvalue weighted by molar-refractivity contribution is -0.113. The maximum atomic E-state index is 12.6. The standard InChI is InChI=1S/C19H23N3O2S2.ClH/c20-12-14-7-9-22(10-8-14)19(24)15-3-5-16(6-4-15)21-17(23)13-26-18-2-1-11-25-18;/h1-6,11,14H,7-10,12-13,20H2,(H,21,23);1H. The highest BCUT2D eigenvalue weighted by atomic mass is 35.5. The Morgan fingerprint density at radius 1 is 1.19 bits per heavy atom. The molecular formula is C19H24ClN3O2S2. The number of piperidine rings is 1. The lowest BCUT2D eigenvalue weighted by Crippen LogP contribution is -2.40. The summed E-state index contributed by atoms with van der Waals surface area (Å²) in [5.41, 5.74) is 7.07. The van der Waals surface area contributed by atoms with Gasteiger partial charge in [-0.25, -0.2) is 0 Å². The summed E-state index contributed by atoms with van der Waals surface area (Å²) in [6.45, 7) is 2.22. The summed E-state index contributed by atoms with van der Waals surface area (Å²) in [4.78, 5) is 26.5. The van der Waals surface area contributed by atoms with Gasteiger partial charge in [-0.2, -0.15) is 0 Å². The van der Waals surface area contributed by atoms with Crippen LogP contribution in [0.15, 0.2) is 46.0 Å². The van der Waals surface area contributed by atoms with E-state index in [4.69, 9.17) is 5.73 Å². The molecule has 1 aromatic carbocycles. The number of hydrogen-bond acceptors (Lipinski definition) is 5. The first-order valence-electron chi connectivity index (χ1n) is 8.71. The summed E-state index contributed by atoms with van der Waals surface area (Å²) in [6.07, 6.45) is 1.94. The van der Waals surface area contributed by atoms with Gasteiger partial charge in [0.1, 0.15) is 0 Å². The molecule has 0 atom stereocenters. The predicted molar refractivity (Wildman–Crippen MR) is 115 cm³/mol. The van der Waals surface area contributed by atoms with Crippen molar-refractivity contribution in [3.63, 3.8) is 0 Å². The van der Waals surface area contributed by atoms with Crippen LogP contribution in [0.3, 0.4) is 0 Å². The predicted octanol–water partition coefficient (Wildman–Crippen LogP) is 3.71. The number of carbonyl (C=O) groups is 2. The second kappa shape index (κ2) is 10.7. The first-order valence-corrected chi connectivity index (χ1v) is 10.6. The van der Waals surface area contributed by atoms with E-state index < -0.39 is 0 Å². The molecule has 0 saturated carbocycles. The van der Waals surface area contributed by atoms with Crippen molar-refractivity contribution in [3.8, 4) is 0 Å². The van der Waals surface area contributed by atoms with Crippen molar-refractivity contribution in [1.29, 1.82) is 0 Å². The summed E-state index contributed by atoms with van der Waals surface area (Å²) < 4.78 is 1.12. The molecule has 27 heavy (non-hydrogen) atoms. The van der Waals surface area contributed by atoms with Gasteiger partial charge < -0.3 is 16.0 Å². The highest BCUT2D eigenvalue weighted by Gasteiger charge is 2.22. The summed E-state index contributed by atoms with van der Waals surface area (Å²) in [6, 6.07) is 11.1. The number of anilines is 1. The molecule has 0 bridgehead atoms. The van der Waals surface area contributed by atoms with E-state index in [-0.39, 0.29) is 24.2 Å². The quantitative estimate of drug-likeness (QED) is 0.691. The number of rotatable bonds is 6. The normalized spacial score (nSPS) is 14.5. The van der Waals surface area contributed by atoms with Gasteiger partial charge in [-0.05, 0) is 61.0 Å². The Balaban J connectivity index is 0.00000261. The smallest absolute Gasteiger partial charge is 0.253 e. The van der Waals surface area contributed by atoms with Crippen LogP contribution in [0.1, 0.15) is 23.2 Å². The number of amides is 2. The largest absolute Gasteiger partial charge is 0.339 e. The molecule has 8 heteroatoms. The minimum Gasteiger partial charge on any atom is -0.339 e. The van der Waals surface area contributed by atoms with Gasteiger partial charge in [0.05, 0.1) is 9.96 Å². The lowest BCUT2D eigenvalue weighted by Gasteiger charge is -2.31. The molecule has 1 aliphatic heterocycles. The van der Waals surface area contributed by atoms with Crippen LogP contribution in [-0.4, -0.2) is 42.1 Å². The first kappa shape index (κ1) is 21.8. The molecule has 2 amide bonds. The summed E-state index contributed by atoms with van der Waals surface area (Å²) >= 11 is 3.15. The van der Waals surface area contributed by atoms with Crippen molar-refractivity contribution < 1.29 is 9.59 Å². The molecule has 0 aliphatic carbocycles. The van der Waals surface area contributed by atoms with Gasteiger partial charge in [0.25, 0.3) is 5.91 Å². The number of nitrogens with one attached hydrogen (secondary N) is 1. The van der Waals surface area contributed by atoms with Gasteiger partial charge in [0.15, 0.2) is 0 Å². The van der Waals surface area contributed by atoms with Gasteiger partial charge in [-0.3, -0.25) is 9.59 Å². The maximum absolute atomic E-state index is 12.6. The van der Waals surface area contributed by atoms with Gasteiger partial charge in [-0.1, -0.05) is 6.07 Å². The fraction of sp³-hybridized carbons (Fsp3) is 0.368. The fourth-order valence-electron chi connectivity index (χ4n) is 2.93. The van der Waals surface area contributed by atoms with Crippen molar-refractivity contribution in [2.24, 2.45) is 11.7 Å². The van der Waals surface area contributed by atoms with Crippen LogP contribution in [0.2, 0.25) is 0 Å². The van der Waals surface area contributed by atoms with E-state index in [2.05, 4.69) is 5.32 Å². The second-order valence-corrected chi connectivity index (χ2v) is 8.54. The average Bonchev–Trinajstić information content (AvgIpc) is 3.20. The molecule has 2 aromatic rings. The van der Waals surface area contributed by atoms with Crippen LogP contribution >= 0.6 is 35.5 Å². The molecule has 0 spiro atoms. The molecule has 5 nitrogen and oxygen atoms in total. The zero-order chi connectivity index (χ0) is 18.4. The van der Waals surface area contributed by atoms with Gasteiger partial charge in [-0.15, -0.1) is 35.5 Å². The number of carbonyl (C=O) groups excluding carboxylic acids is 2. The number of thiophene rings is 1. The van der Waals surface area contributed by atoms with Crippen LogP contribution in [0, 0.1) is 5.92 Å². The van der Waals surface area contributed by atoms with Crippen LogP contribution in [0.25, 0.3) is 0 Å². The van der Waals surface area contributed by atoms with E-state index in [9.17, 15) is 9.59 Å². The molecule has 146 valence electrons. The van der Waals surface area contributed by atoms with E-state index in [0.29, 0.717) is 29.5 Å². The topological polar surface area (TPSA) is 75.4 Å². The first-order chi connectivity index (χ1) is 12.7. The molecule has 0 radical (unpaired) electrons. The number of nitrogens with two attached hydrogens (primary N) is 1. The van der Waals surface area contributed by atoms with Crippen molar-refractivity contribution in [3.05, 3.63) is 47.3 Å². The molecule has 3 N–H and O–H groups in total. The van der Waals surface area contributed by atoms with Gasteiger partial charge in [0.2, 0.25) is 5.91 Å². The zero-order valence-corrected chi connectivity index (χ0v) is 17.4. The Hall–Kier alpha value is -1.54. The van der Waals surface area contributed by atoms with E-state index in [1.165, 1.54) is 11.8 Å². The molecule has 1 aliphatic rings. The third kappa shape index (κ3) is 6.24. The third-order valence-electron chi connectivity index (χ3n) is 4.49. The maximum Gasteiger partial charge on any atom is 0.253 e. The summed E-state index contributed by atoms with van der Waals surface area (Å²) in [5, 5.41) is 4.86. The Morgan fingerprint density at radius 2 is 1.89 bits per heavy atom. The summed E-state index contributed by atoms with van der Waals surface area (Å²) in [7, 11) is 0. The van der Waals surface area contributed by atoms with E-state index >= 15 is 0 Å². The molecular weight excluding hydrogens is 402 g/mol. The summed E-state index contributed by atoms with van der Waals surface area (Å²) in [5.74, 6) is 0.902. The monoisotopic (exact) mass is 425 g/mol. The van der Waals surface area contributed by atoms with E-state index in [0.717, 1.165) is 30.1 Å². The lowest BCUT2D eigenvalue weighted by atomic mass is 9.96. The van der Waals surface area contributed by atoms with E-state index in [1.54, 1.807) is 35.6 Å². The van der Waals surface area contributed by atoms with Crippen molar-refractivity contribution in [2.45, 2.75) is 17.1 Å². The van der Waals surface area contributed by atoms with Crippen molar-refractivity contribution >= 4 is 53.0 Å².